The zero-order valence-electron chi connectivity index (χ0n) is 20.2. The minimum atomic E-state index is -0.431. The molecule has 0 bridgehead atoms. The van der Waals surface area contributed by atoms with Gasteiger partial charge in [0.25, 0.3) is 5.91 Å². The van der Waals surface area contributed by atoms with Crippen LogP contribution in [0, 0.1) is 0 Å². The maximum atomic E-state index is 13.1. The van der Waals surface area contributed by atoms with E-state index in [9.17, 15) is 9.59 Å². The van der Waals surface area contributed by atoms with E-state index in [1.54, 1.807) is 6.07 Å². The van der Waals surface area contributed by atoms with E-state index in [2.05, 4.69) is 39.5 Å². The quantitative estimate of drug-likeness (QED) is 0.398. The van der Waals surface area contributed by atoms with Crippen LogP contribution < -0.4 is 5.32 Å². The van der Waals surface area contributed by atoms with Gasteiger partial charge in [-0.15, -0.1) is 0 Å². The lowest BCUT2D eigenvalue weighted by Gasteiger charge is -2.28. The van der Waals surface area contributed by atoms with Crippen molar-refractivity contribution in [2.45, 2.75) is 24.4 Å². The SMILES string of the molecule is COC(=O)[C@@H]1C[C@@H](NC(=O)c2ccc3ccccc3n2)CN1CC(c1ccccc1)c1ccccc1. The first-order chi connectivity index (χ1) is 17.6. The van der Waals surface area contributed by atoms with Gasteiger partial charge in [-0.2, -0.15) is 0 Å². The van der Waals surface area contributed by atoms with E-state index in [-0.39, 0.29) is 23.8 Å². The smallest absolute Gasteiger partial charge is 0.323 e. The van der Waals surface area contributed by atoms with Crippen molar-refractivity contribution in [1.29, 1.82) is 0 Å². The maximum absolute atomic E-state index is 13.1. The summed E-state index contributed by atoms with van der Waals surface area (Å²) in [5, 5.41) is 4.09. The molecule has 2 atom stereocenters. The number of aromatic nitrogens is 1. The van der Waals surface area contributed by atoms with Crippen LogP contribution in [0.2, 0.25) is 0 Å². The number of nitrogens with one attached hydrogen (secondary N) is 1. The summed E-state index contributed by atoms with van der Waals surface area (Å²) in [4.78, 5) is 32.4. The number of nitrogens with zero attached hydrogens (tertiary/aromatic N) is 2. The molecule has 1 fully saturated rings. The minimum absolute atomic E-state index is 0.0798. The number of pyridine rings is 1. The van der Waals surface area contributed by atoms with Crippen molar-refractivity contribution >= 4 is 22.8 Å². The molecule has 1 N–H and O–H groups in total. The lowest BCUT2D eigenvalue weighted by Crippen LogP contribution is -2.40. The van der Waals surface area contributed by atoms with Gasteiger partial charge in [-0.3, -0.25) is 14.5 Å². The fraction of sp³-hybridized carbons (Fsp3) is 0.233. The lowest BCUT2D eigenvalue weighted by atomic mass is 9.90. The second kappa shape index (κ2) is 10.7. The first-order valence-corrected chi connectivity index (χ1v) is 12.2. The van der Waals surface area contributed by atoms with E-state index >= 15 is 0 Å². The van der Waals surface area contributed by atoms with E-state index < -0.39 is 6.04 Å². The fourth-order valence-corrected chi connectivity index (χ4v) is 5.05. The zero-order chi connectivity index (χ0) is 24.9. The number of hydrogen-bond acceptors (Lipinski definition) is 5. The first-order valence-electron chi connectivity index (χ1n) is 12.2. The van der Waals surface area contributed by atoms with Gasteiger partial charge in [0.1, 0.15) is 11.7 Å². The molecule has 4 aromatic rings. The van der Waals surface area contributed by atoms with Crippen molar-refractivity contribution in [2.75, 3.05) is 20.2 Å². The number of rotatable bonds is 7. The standard InChI is InChI=1S/C30H29N3O3/c1-36-30(35)28-18-24(31-29(34)27-17-16-23-14-8-9-15-26(23)32-27)19-33(28)20-25(21-10-4-2-5-11-21)22-12-6-3-7-13-22/h2-17,24-25,28H,18-20H2,1H3,(H,31,34)/t24-,28+/m1/s1. The van der Waals surface area contributed by atoms with Crippen LogP contribution in [-0.2, 0) is 9.53 Å². The summed E-state index contributed by atoms with van der Waals surface area (Å²) < 4.78 is 5.14. The third-order valence-electron chi connectivity index (χ3n) is 6.86. The number of amides is 1. The van der Waals surface area contributed by atoms with Gasteiger partial charge in [-0.1, -0.05) is 84.9 Å². The highest BCUT2D eigenvalue weighted by molar-refractivity contribution is 5.95. The third-order valence-corrected chi connectivity index (χ3v) is 6.86. The van der Waals surface area contributed by atoms with Gasteiger partial charge in [0.15, 0.2) is 0 Å². The van der Waals surface area contributed by atoms with Crippen molar-refractivity contribution in [3.63, 3.8) is 0 Å². The predicted molar refractivity (Wildman–Crippen MR) is 140 cm³/mol. The van der Waals surface area contributed by atoms with Crippen LogP contribution in [0.4, 0.5) is 0 Å². The van der Waals surface area contributed by atoms with Crippen molar-refractivity contribution in [2.24, 2.45) is 0 Å². The summed E-state index contributed by atoms with van der Waals surface area (Å²) in [5.41, 5.74) is 3.51. The Kier molecular flexibility index (Phi) is 7.05. The number of likely N-dealkylation sites (tertiary alicyclic amines) is 1. The van der Waals surface area contributed by atoms with Crippen LogP contribution in [0.5, 0.6) is 0 Å². The normalized spacial score (nSPS) is 17.8. The molecule has 36 heavy (non-hydrogen) atoms. The Morgan fingerprint density at radius 3 is 2.22 bits per heavy atom. The summed E-state index contributed by atoms with van der Waals surface area (Å²) >= 11 is 0. The molecule has 6 nitrogen and oxygen atoms in total. The van der Waals surface area contributed by atoms with Crippen LogP contribution in [0.25, 0.3) is 10.9 Å². The summed E-state index contributed by atoms with van der Waals surface area (Å²) in [6, 6.07) is 31.3. The highest BCUT2D eigenvalue weighted by Crippen LogP contribution is 2.29. The van der Waals surface area contributed by atoms with Crippen LogP contribution in [-0.4, -0.2) is 54.0 Å². The molecule has 1 saturated heterocycles. The van der Waals surface area contributed by atoms with Crippen molar-refractivity contribution in [1.82, 2.24) is 15.2 Å². The molecule has 182 valence electrons. The second-order valence-electron chi connectivity index (χ2n) is 9.16. The summed E-state index contributed by atoms with van der Waals surface area (Å²) in [6.45, 7) is 1.18. The molecule has 0 radical (unpaired) electrons. The van der Waals surface area contributed by atoms with E-state index in [1.165, 1.54) is 18.2 Å². The van der Waals surface area contributed by atoms with E-state index in [4.69, 9.17) is 4.74 Å². The van der Waals surface area contributed by atoms with Crippen molar-refractivity contribution in [3.05, 3.63) is 114 Å². The van der Waals surface area contributed by atoms with Crippen LogP contribution >= 0.6 is 0 Å². The second-order valence-corrected chi connectivity index (χ2v) is 9.16. The molecule has 0 spiro atoms. The summed E-state index contributed by atoms with van der Waals surface area (Å²) in [5.74, 6) is -0.439. The zero-order valence-corrected chi connectivity index (χ0v) is 20.2. The Bertz CT molecular complexity index is 1300. The molecule has 1 aliphatic rings. The molecule has 6 heteroatoms. The number of methoxy groups -OCH3 is 1. The number of carbonyl (C=O) groups is 2. The van der Waals surface area contributed by atoms with Gasteiger partial charge in [0.05, 0.1) is 12.6 Å². The lowest BCUT2D eigenvalue weighted by molar-refractivity contribution is -0.145. The van der Waals surface area contributed by atoms with Gasteiger partial charge in [0.2, 0.25) is 0 Å². The molecule has 1 aliphatic heterocycles. The Morgan fingerprint density at radius 2 is 1.56 bits per heavy atom. The molecular weight excluding hydrogens is 450 g/mol. The number of esters is 1. The number of carbonyl (C=O) groups excluding carboxylic acids is 2. The first kappa shape index (κ1) is 23.7. The Labute approximate surface area is 210 Å². The number of benzene rings is 3. The highest BCUT2D eigenvalue weighted by atomic mass is 16.5. The van der Waals surface area contributed by atoms with E-state index in [0.29, 0.717) is 25.2 Å². The topological polar surface area (TPSA) is 71.5 Å². The number of fused-ring (bicyclic) bond motifs is 1. The molecule has 0 saturated carbocycles. The van der Waals surface area contributed by atoms with Gasteiger partial charge in [-0.05, 0) is 29.7 Å². The largest absolute Gasteiger partial charge is 0.468 e. The fourth-order valence-electron chi connectivity index (χ4n) is 5.05. The average molecular weight is 480 g/mol. The molecule has 1 aromatic heterocycles. The third kappa shape index (κ3) is 5.14. The Morgan fingerprint density at radius 1 is 0.917 bits per heavy atom. The number of para-hydroxylation sites is 1. The molecule has 2 heterocycles. The maximum Gasteiger partial charge on any atom is 0.323 e. The molecule has 5 rings (SSSR count). The Balaban J connectivity index is 1.36. The Hall–Kier alpha value is -4.03. The monoisotopic (exact) mass is 479 g/mol. The average Bonchev–Trinajstić information content (AvgIpc) is 3.34. The predicted octanol–water partition coefficient (Wildman–Crippen LogP) is 4.41. The summed E-state index contributed by atoms with van der Waals surface area (Å²) in [6.07, 6.45) is 0.488. The number of ether oxygens (including phenoxy) is 1. The van der Waals surface area contributed by atoms with Crippen LogP contribution in [0.15, 0.2) is 97.1 Å². The van der Waals surface area contributed by atoms with Gasteiger partial charge < -0.3 is 10.1 Å². The molecule has 1 amide bonds. The number of hydrogen-bond donors (Lipinski definition) is 1. The van der Waals surface area contributed by atoms with Crippen molar-refractivity contribution < 1.29 is 14.3 Å². The molecular formula is C30H29N3O3. The highest BCUT2D eigenvalue weighted by Gasteiger charge is 2.39. The van der Waals surface area contributed by atoms with Gasteiger partial charge in [0, 0.05) is 30.4 Å². The van der Waals surface area contributed by atoms with Gasteiger partial charge >= 0.3 is 5.97 Å². The van der Waals surface area contributed by atoms with Crippen LogP contribution in [0.1, 0.15) is 34.0 Å². The van der Waals surface area contributed by atoms with Crippen molar-refractivity contribution in [3.8, 4) is 0 Å². The molecule has 3 aromatic carbocycles. The van der Waals surface area contributed by atoms with Crippen LogP contribution in [0.3, 0.4) is 0 Å². The summed E-state index contributed by atoms with van der Waals surface area (Å²) in [7, 11) is 1.41. The van der Waals surface area contributed by atoms with Gasteiger partial charge in [-0.25, -0.2) is 4.98 Å². The molecule has 0 aliphatic carbocycles. The van der Waals surface area contributed by atoms with E-state index in [0.717, 1.165) is 10.9 Å². The molecule has 0 unspecified atom stereocenters. The van der Waals surface area contributed by atoms with E-state index in [1.807, 2.05) is 66.7 Å². The minimum Gasteiger partial charge on any atom is -0.468 e.